The zero-order valence-electron chi connectivity index (χ0n) is 9.29. The van der Waals surface area contributed by atoms with E-state index in [9.17, 15) is 18.3 Å². The summed E-state index contributed by atoms with van der Waals surface area (Å²) in [6.45, 7) is -1.36. The quantitative estimate of drug-likeness (QED) is 0.885. The van der Waals surface area contributed by atoms with Crippen molar-refractivity contribution < 1.29 is 23.0 Å². The van der Waals surface area contributed by atoms with Crippen molar-refractivity contribution in [3.63, 3.8) is 0 Å². The van der Waals surface area contributed by atoms with Gasteiger partial charge in [0.1, 0.15) is 11.6 Å². The molecular formula is C12H13F3O2. The molecule has 1 saturated carbocycles. The molecule has 0 radical (unpaired) electrons. The highest BCUT2D eigenvalue weighted by Crippen LogP contribution is 2.52. The van der Waals surface area contributed by atoms with E-state index in [4.69, 9.17) is 0 Å². The highest BCUT2D eigenvalue weighted by molar-refractivity contribution is 5.38. The molecule has 0 saturated heterocycles. The van der Waals surface area contributed by atoms with Crippen LogP contribution in [0.3, 0.4) is 0 Å². The number of alkyl halides is 2. The van der Waals surface area contributed by atoms with Gasteiger partial charge in [-0.3, -0.25) is 0 Å². The number of aliphatic hydroxyl groups excluding tert-OH is 1. The fourth-order valence-corrected chi connectivity index (χ4v) is 2.12. The summed E-state index contributed by atoms with van der Waals surface area (Å²) < 4.78 is 41.8. The first-order valence-electron chi connectivity index (χ1n) is 5.38. The normalized spacial score (nSPS) is 19.2. The minimum atomic E-state index is -2.97. The second-order valence-corrected chi connectivity index (χ2v) is 4.35. The third-order valence-corrected chi connectivity index (χ3v) is 3.29. The number of ether oxygens (including phenoxy) is 1. The first-order chi connectivity index (χ1) is 7.95. The predicted molar refractivity (Wildman–Crippen MR) is 55.6 cm³/mol. The number of aliphatic hydroxyl groups is 1. The summed E-state index contributed by atoms with van der Waals surface area (Å²) in [5.41, 5.74) is -0.179. The molecule has 1 fully saturated rings. The summed E-state index contributed by atoms with van der Waals surface area (Å²) in [5, 5.41) is 9.62. The van der Waals surface area contributed by atoms with Gasteiger partial charge in [-0.1, -0.05) is 6.07 Å². The van der Waals surface area contributed by atoms with Crippen LogP contribution in [-0.2, 0) is 5.41 Å². The lowest BCUT2D eigenvalue weighted by Crippen LogP contribution is -2.23. The van der Waals surface area contributed by atoms with E-state index in [0.29, 0.717) is 18.4 Å². The van der Waals surface area contributed by atoms with Crippen LogP contribution in [-0.4, -0.2) is 17.8 Å². The van der Waals surface area contributed by atoms with Gasteiger partial charge in [0.25, 0.3) is 0 Å². The second-order valence-electron chi connectivity index (χ2n) is 4.35. The first kappa shape index (κ1) is 12.2. The van der Waals surface area contributed by atoms with Gasteiger partial charge < -0.3 is 9.84 Å². The van der Waals surface area contributed by atoms with Crippen molar-refractivity contribution in [3.8, 4) is 5.75 Å². The summed E-state index contributed by atoms with van der Waals surface area (Å²) in [5.74, 6) is -0.816. The van der Waals surface area contributed by atoms with Crippen LogP contribution < -0.4 is 4.74 Å². The lowest BCUT2D eigenvalue weighted by atomic mass is 9.90. The second kappa shape index (κ2) is 4.22. The van der Waals surface area contributed by atoms with E-state index in [-0.39, 0.29) is 5.75 Å². The van der Waals surface area contributed by atoms with Gasteiger partial charge in [0.15, 0.2) is 0 Å². The average molecular weight is 246 g/mol. The summed E-state index contributed by atoms with van der Waals surface area (Å²) in [6.07, 6.45) is 0.756. The Bertz CT molecular complexity index is 414. The topological polar surface area (TPSA) is 29.5 Å². The molecule has 2 rings (SSSR count). The maximum absolute atomic E-state index is 13.8. The molecule has 1 aliphatic carbocycles. The smallest absolute Gasteiger partial charge is 0.387 e. The lowest BCUT2D eigenvalue weighted by molar-refractivity contribution is -0.0500. The van der Waals surface area contributed by atoms with Gasteiger partial charge >= 0.3 is 6.61 Å². The molecule has 0 amide bonds. The Morgan fingerprint density at radius 1 is 1.35 bits per heavy atom. The summed E-state index contributed by atoms with van der Waals surface area (Å²) in [6, 6.07) is 3.64. The minimum absolute atomic E-state index is 0.206. The SMILES string of the molecule is CC(O)C1(c2ccc(OC(F)F)cc2F)CC1. The average Bonchev–Trinajstić information content (AvgIpc) is 2.97. The Hall–Kier alpha value is -1.23. The standard InChI is InChI=1S/C12H13F3O2/c1-7(16)12(4-5-12)9-3-2-8(6-10(9)13)17-11(14)15/h2-3,6-7,11,16H,4-5H2,1H3. The molecule has 2 nitrogen and oxygen atoms in total. The Kier molecular flexibility index (Phi) is 3.03. The molecule has 1 aromatic rings. The highest BCUT2D eigenvalue weighted by Gasteiger charge is 2.49. The van der Waals surface area contributed by atoms with E-state index < -0.39 is 23.9 Å². The van der Waals surface area contributed by atoms with Crippen LogP contribution in [0.1, 0.15) is 25.3 Å². The Balaban J connectivity index is 2.26. The number of hydrogen-bond acceptors (Lipinski definition) is 2. The third kappa shape index (κ3) is 2.24. The van der Waals surface area contributed by atoms with E-state index in [2.05, 4.69) is 4.74 Å². The molecule has 5 heteroatoms. The highest BCUT2D eigenvalue weighted by atomic mass is 19.3. The van der Waals surface area contributed by atoms with Gasteiger partial charge in [0, 0.05) is 11.5 Å². The zero-order valence-corrected chi connectivity index (χ0v) is 9.29. The number of hydrogen-bond donors (Lipinski definition) is 1. The Labute approximate surface area is 97.0 Å². The van der Waals surface area contributed by atoms with Crippen molar-refractivity contribution in [2.24, 2.45) is 0 Å². The lowest BCUT2D eigenvalue weighted by Gasteiger charge is -2.20. The van der Waals surface area contributed by atoms with E-state index in [1.807, 2.05) is 0 Å². The van der Waals surface area contributed by atoms with Crippen LogP contribution in [0.15, 0.2) is 18.2 Å². The molecule has 1 aliphatic rings. The van der Waals surface area contributed by atoms with E-state index >= 15 is 0 Å². The number of rotatable bonds is 4. The molecular weight excluding hydrogens is 233 g/mol. The summed E-state index contributed by atoms with van der Waals surface area (Å²) in [7, 11) is 0. The van der Waals surface area contributed by atoms with Gasteiger partial charge in [-0.25, -0.2) is 4.39 Å². The molecule has 0 aliphatic heterocycles. The molecule has 0 aromatic heterocycles. The molecule has 1 aromatic carbocycles. The van der Waals surface area contributed by atoms with E-state index in [1.165, 1.54) is 12.1 Å². The van der Waals surface area contributed by atoms with Gasteiger partial charge in [-0.05, 0) is 31.4 Å². The monoisotopic (exact) mass is 246 g/mol. The fraction of sp³-hybridized carbons (Fsp3) is 0.500. The predicted octanol–water partition coefficient (Wildman–Crippen LogP) is 2.84. The zero-order chi connectivity index (χ0) is 12.6. The van der Waals surface area contributed by atoms with Crippen molar-refractivity contribution in [2.45, 2.75) is 37.9 Å². The fourth-order valence-electron chi connectivity index (χ4n) is 2.12. The van der Waals surface area contributed by atoms with Gasteiger partial charge in [0.2, 0.25) is 0 Å². The molecule has 94 valence electrons. The maximum atomic E-state index is 13.8. The Morgan fingerprint density at radius 3 is 2.41 bits per heavy atom. The first-order valence-corrected chi connectivity index (χ1v) is 5.38. The summed E-state index contributed by atoms with van der Waals surface area (Å²) in [4.78, 5) is 0. The van der Waals surface area contributed by atoms with Crippen LogP contribution in [0.25, 0.3) is 0 Å². The third-order valence-electron chi connectivity index (χ3n) is 3.29. The molecule has 0 spiro atoms. The molecule has 17 heavy (non-hydrogen) atoms. The van der Waals surface area contributed by atoms with Crippen molar-refractivity contribution in [1.29, 1.82) is 0 Å². The van der Waals surface area contributed by atoms with E-state index in [1.54, 1.807) is 6.92 Å². The van der Waals surface area contributed by atoms with Crippen LogP contribution in [0, 0.1) is 5.82 Å². The molecule has 1 N–H and O–H groups in total. The van der Waals surface area contributed by atoms with Gasteiger partial charge in [-0.2, -0.15) is 8.78 Å². The van der Waals surface area contributed by atoms with Crippen molar-refractivity contribution in [3.05, 3.63) is 29.6 Å². The van der Waals surface area contributed by atoms with E-state index in [0.717, 1.165) is 6.07 Å². The number of benzene rings is 1. The summed E-state index contributed by atoms with van der Waals surface area (Å²) >= 11 is 0. The van der Waals surface area contributed by atoms with Crippen LogP contribution >= 0.6 is 0 Å². The molecule has 0 bridgehead atoms. The van der Waals surface area contributed by atoms with Crippen LogP contribution in [0.2, 0.25) is 0 Å². The maximum Gasteiger partial charge on any atom is 0.387 e. The Morgan fingerprint density at radius 2 is 2.00 bits per heavy atom. The van der Waals surface area contributed by atoms with Crippen LogP contribution in [0.5, 0.6) is 5.75 Å². The molecule has 1 unspecified atom stereocenters. The molecule has 0 heterocycles. The number of halogens is 3. The van der Waals surface area contributed by atoms with Crippen molar-refractivity contribution >= 4 is 0 Å². The van der Waals surface area contributed by atoms with Gasteiger partial charge in [0.05, 0.1) is 6.10 Å². The largest absolute Gasteiger partial charge is 0.435 e. The van der Waals surface area contributed by atoms with Crippen molar-refractivity contribution in [2.75, 3.05) is 0 Å². The van der Waals surface area contributed by atoms with Gasteiger partial charge in [-0.15, -0.1) is 0 Å². The minimum Gasteiger partial charge on any atom is -0.435 e. The van der Waals surface area contributed by atoms with Crippen LogP contribution in [0.4, 0.5) is 13.2 Å². The molecule has 1 atom stereocenters. The van der Waals surface area contributed by atoms with Crippen molar-refractivity contribution in [1.82, 2.24) is 0 Å².